The topological polar surface area (TPSA) is 64.7 Å². The molecule has 1 amide bonds. The highest BCUT2D eigenvalue weighted by molar-refractivity contribution is 9.10. The van der Waals surface area contributed by atoms with Crippen molar-refractivity contribution in [2.75, 3.05) is 6.54 Å². The molecule has 2 aromatic rings. The molecule has 6 nitrogen and oxygen atoms in total. The molecule has 0 radical (unpaired) electrons. The lowest BCUT2D eigenvalue weighted by molar-refractivity contribution is -0.0503. The van der Waals surface area contributed by atoms with Gasteiger partial charge >= 0.3 is 0 Å². The highest BCUT2D eigenvalue weighted by Crippen LogP contribution is 2.59. The number of aromatic nitrogens is 4. The van der Waals surface area contributed by atoms with E-state index in [0.717, 1.165) is 28.8 Å². The number of hydrogen-bond acceptors (Lipinski definition) is 3. The van der Waals surface area contributed by atoms with Gasteiger partial charge in [0.05, 0.1) is 10.7 Å². The second-order valence-corrected chi connectivity index (χ2v) is 9.60. The summed E-state index contributed by atoms with van der Waals surface area (Å²) in [4.78, 5) is 12.6. The van der Waals surface area contributed by atoms with Gasteiger partial charge in [-0.1, -0.05) is 0 Å². The predicted octanol–water partition coefficient (Wildman–Crippen LogP) is 3.29. The van der Waals surface area contributed by atoms with Crippen LogP contribution in [-0.4, -0.2) is 32.0 Å². The first-order valence-corrected chi connectivity index (χ1v) is 10.4. The van der Waals surface area contributed by atoms with Gasteiger partial charge in [-0.3, -0.25) is 9.48 Å². The summed E-state index contributed by atoms with van der Waals surface area (Å²) in [6.07, 6.45) is 13.7. The van der Waals surface area contributed by atoms with Gasteiger partial charge in [0.1, 0.15) is 12.4 Å². The summed E-state index contributed by atoms with van der Waals surface area (Å²) in [6.45, 7) is 1.31. The molecule has 4 aliphatic carbocycles. The number of halogens is 1. The van der Waals surface area contributed by atoms with E-state index < -0.39 is 0 Å². The quantitative estimate of drug-likeness (QED) is 0.811. The van der Waals surface area contributed by atoms with E-state index in [9.17, 15) is 4.79 Å². The standard InChI is InChI=1S/C19H24BrN5O/c20-16-9-22-25(10-16)12-24-2-1-17(23-24)18(26)21-11-19-6-13-3-14(7-19)5-15(4-13)8-19/h1-2,9-10,13-15H,3-8,11-12H2,(H,21,26). The average molecular weight is 418 g/mol. The Morgan fingerprint density at radius 1 is 1.19 bits per heavy atom. The second kappa shape index (κ2) is 6.22. The van der Waals surface area contributed by atoms with Crippen molar-refractivity contribution >= 4 is 21.8 Å². The van der Waals surface area contributed by atoms with Gasteiger partial charge in [0.25, 0.3) is 5.91 Å². The SMILES string of the molecule is O=C(NCC12CC3CC(CC(C3)C1)C2)c1ccn(Cn2cc(Br)cn2)n1. The molecule has 2 aromatic heterocycles. The van der Waals surface area contributed by atoms with E-state index in [1.54, 1.807) is 21.6 Å². The first kappa shape index (κ1) is 16.5. The first-order chi connectivity index (χ1) is 12.6. The number of nitrogens with one attached hydrogen (secondary N) is 1. The monoisotopic (exact) mass is 417 g/mol. The molecule has 138 valence electrons. The maximum Gasteiger partial charge on any atom is 0.271 e. The number of rotatable bonds is 5. The van der Waals surface area contributed by atoms with E-state index in [0.29, 0.717) is 17.8 Å². The Morgan fingerprint density at radius 2 is 1.88 bits per heavy atom. The van der Waals surface area contributed by atoms with Crippen molar-refractivity contribution in [3.05, 3.63) is 34.8 Å². The van der Waals surface area contributed by atoms with Crippen LogP contribution in [0.1, 0.15) is 49.0 Å². The average Bonchev–Trinajstić information content (AvgIpc) is 3.21. The van der Waals surface area contributed by atoms with Crippen LogP contribution in [0.2, 0.25) is 0 Å². The summed E-state index contributed by atoms with van der Waals surface area (Å²) in [5.74, 6) is 2.67. The van der Waals surface area contributed by atoms with E-state index in [2.05, 4.69) is 31.4 Å². The minimum absolute atomic E-state index is 0.0545. The number of hydrogen-bond donors (Lipinski definition) is 1. The molecule has 0 aliphatic heterocycles. The van der Waals surface area contributed by atoms with Crippen LogP contribution in [0, 0.1) is 23.2 Å². The summed E-state index contributed by atoms with van der Waals surface area (Å²) in [5.41, 5.74) is 0.842. The van der Waals surface area contributed by atoms with Gasteiger partial charge in [0.15, 0.2) is 0 Å². The van der Waals surface area contributed by atoms with Crippen LogP contribution in [0.5, 0.6) is 0 Å². The highest BCUT2D eigenvalue weighted by atomic mass is 79.9. The largest absolute Gasteiger partial charge is 0.350 e. The molecule has 0 atom stereocenters. The predicted molar refractivity (Wildman–Crippen MR) is 100 cm³/mol. The van der Waals surface area contributed by atoms with Crippen LogP contribution in [0.3, 0.4) is 0 Å². The zero-order valence-electron chi connectivity index (χ0n) is 14.8. The van der Waals surface area contributed by atoms with Gasteiger partial charge in [-0.2, -0.15) is 10.2 Å². The van der Waals surface area contributed by atoms with Gasteiger partial charge in [-0.25, -0.2) is 4.68 Å². The summed E-state index contributed by atoms with van der Waals surface area (Å²) in [5, 5.41) is 11.8. The van der Waals surface area contributed by atoms with Crippen LogP contribution in [0.4, 0.5) is 0 Å². The molecule has 6 rings (SSSR count). The zero-order valence-corrected chi connectivity index (χ0v) is 16.4. The molecular weight excluding hydrogens is 394 g/mol. The van der Waals surface area contributed by atoms with Crippen molar-refractivity contribution in [1.29, 1.82) is 0 Å². The fourth-order valence-electron chi connectivity index (χ4n) is 5.99. The maximum absolute atomic E-state index is 12.6. The molecule has 26 heavy (non-hydrogen) atoms. The lowest BCUT2D eigenvalue weighted by Crippen LogP contribution is -2.51. The van der Waals surface area contributed by atoms with Crippen LogP contribution < -0.4 is 5.32 Å². The molecule has 0 spiro atoms. The van der Waals surface area contributed by atoms with Gasteiger partial charge < -0.3 is 5.32 Å². The van der Waals surface area contributed by atoms with Crippen molar-refractivity contribution in [2.45, 2.75) is 45.2 Å². The van der Waals surface area contributed by atoms with Crippen LogP contribution >= 0.6 is 15.9 Å². The molecule has 0 saturated heterocycles. The van der Waals surface area contributed by atoms with Crippen molar-refractivity contribution < 1.29 is 4.79 Å². The molecule has 4 fully saturated rings. The van der Waals surface area contributed by atoms with Gasteiger partial charge in [-0.05, 0) is 83.7 Å². The molecule has 1 N–H and O–H groups in total. The Kier molecular flexibility index (Phi) is 3.95. The summed E-state index contributed by atoms with van der Waals surface area (Å²) in [6, 6.07) is 1.79. The van der Waals surface area contributed by atoms with E-state index in [1.807, 2.05) is 12.4 Å². The van der Waals surface area contributed by atoms with Crippen molar-refractivity contribution in [3.8, 4) is 0 Å². The van der Waals surface area contributed by atoms with E-state index in [4.69, 9.17) is 0 Å². The minimum atomic E-state index is -0.0545. The Balaban J connectivity index is 1.21. The lowest BCUT2D eigenvalue weighted by atomic mass is 9.49. The number of carbonyl (C=O) groups excluding carboxylic acids is 1. The molecular formula is C19H24BrN5O. The summed E-state index contributed by atoms with van der Waals surface area (Å²) < 4.78 is 4.44. The molecule has 0 unspecified atom stereocenters. The maximum atomic E-state index is 12.6. The van der Waals surface area contributed by atoms with Crippen LogP contribution in [0.25, 0.3) is 0 Å². The zero-order chi connectivity index (χ0) is 17.7. The number of amides is 1. The molecule has 7 heteroatoms. The van der Waals surface area contributed by atoms with Crippen molar-refractivity contribution in [3.63, 3.8) is 0 Å². The van der Waals surface area contributed by atoms with E-state index >= 15 is 0 Å². The minimum Gasteiger partial charge on any atom is -0.350 e. The fraction of sp³-hybridized carbons (Fsp3) is 0.632. The Labute approximate surface area is 161 Å². The second-order valence-electron chi connectivity index (χ2n) is 8.68. The fourth-order valence-corrected chi connectivity index (χ4v) is 6.32. The van der Waals surface area contributed by atoms with E-state index in [1.165, 1.54) is 38.5 Å². The first-order valence-electron chi connectivity index (χ1n) is 9.57. The molecule has 4 aliphatic rings. The van der Waals surface area contributed by atoms with Gasteiger partial charge in [-0.15, -0.1) is 0 Å². The number of carbonyl (C=O) groups is 1. The summed E-state index contributed by atoms with van der Waals surface area (Å²) >= 11 is 3.38. The highest BCUT2D eigenvalue weighted by Gasteiger charge is 2.50. The third-order valence-electron chi connectivity index (χ3n) is 6.55. The smallest absolute Gasteiger partial charge is 0.271 e. The van der Waals surface area contributed by atoms with Crippen molar-refractivity contribution in [1.82, 2.24) is 24.9 Å². The van der Waals surface area contributed by atoms with Crippen LogP contribution in [-0.2, 0) is 6.67 Å². The normalized spacial score (nSPS) is 32.1. The molecule has 0 aromatic carbocycles. The van der Waals surface area contributed by atoms with Crippen molar-refractivity contribution in [2.24, 2.45) is 23.2 Å². The molecule has 4 bridgehead atoms. The van der Waals surface area contributed by atoms with Crippen LogP contribution in [0.15, 0.2) is 29.1 Å². The third-order valence-corrected chi connectivity index (χ3v) is 6.96. The molecule has 2 heterocycles. The Bertz CT molecular complexity index is 790. The molecule has 4 saturated carbocycles. The Morgan fingerprint density at radius 3 is 2.50 bits per heavy atom. The number of nitrogens with zero attached hydrogens (tertiary/aromatic N) is 4. The Hall–Kier alpha value is -1.63. The lowest BCUT2D eigenvalue weighted by Gasteiger charge is -2.56. The third kappa shape index (κ3) is 3.10. The summed E-state index contributed by atoms with van der Waals surface area (Å²) in [7, 11) is 0. The van der Waals surface area contributed by atoms with E-state index in [-0.39, 0.29) is 5.91 Å². The van der Waals surface area contributed by atoms with Gasteiger partial charge in [0.2, 0.25) is 0 Å². The van der Waals surface area contributed by atoms with Gasteiger partial charge in [0, 0.05) is 18.9 Å².